The molecular weight excluding hydrogens is 308 g/mol. The summed E-state index contributed by atoms with van der Waals surface area (Å²) in [5, 5.41) is 38.2. The minimum Gasteiger partial charge on any atom is -0.497 e. The molecule has 4 N–H and O–H groups in total. The summed E-state index contributed by atoms with van der Waals surface area (Å²) in [6.45, 7) is -0.952. The first-order valence-corrected chi connectivity index (χ1v) is 7.07. The fraction of sp³-hybridized carbons (Fsp3) is 0.533. The number of rotatable bonds is 6. The van der Waals surface area contributed by atoms with Crippen molar-refractivity contribution in [2.24, 2.45) is 0 Å². The Balaban J connectivity index is 1.94. The van der Waals surface area contributed by atoms with Crippen molar-refractivity contribution >= 4 is 5.78 Å². The summed E-state index contributed by atoms with van der Waals surface area (Å²) < 4.78 is 15.3. The Morgan fingerprint density at radius 3 is 2.35 bits per heavy atom. The van der Waals surface area contributed by atoms with Gasteiger partial charge in [-0.2, -0.15) is 0 Å². The molecule has 1 saturated heterocycles. The van der Waals surface area contributed by atoms with Crippen molar-refractivity contribution in [2.75, 3.05) is 20.3 Å². The number of methoxy groups -OCH3 is 1. The summed E-state index contributed by atoms with van der Waals surface area (Å²) in [6, 6.07) is 6.39. The minimum atomic E-state index is -1.54. The molecule has 1 aromatic carbocycles. The average molecular weight is 328 g/mol. The number of ketones is 1. The largest absolute Gasteiger partial charge is 0.497 e. The lowest BCUT2D eigenvalue weighted by atomic mass is 9.99. The maximum absolute atomic E-state index is 12.0. The van der Waals surface area contributed by atoms with Crippen LogP contribution in [0.5, 0.6) is 5.75 Å². The fourth-order valence-corrected chi connectivity index (χ4v) is 2.22. The van der Waals surface area contributed by atoms with Crippen molar-refractivity contribution in [3.8, 4) is 5.75 Å². The quantitative estimate of drug-likeness (QED) is 0.475. The van der Waals surface area contributed by atoms with Gasteiger partial charge >= 0.3 is 0 Å². The Hall–Kier alpha value is -1.55. The van der Waals surface area contributed by atoms with E-state index < -0.39 is 43.9 Å². The summed E-state index contributed by atoms with van der Waals surface area (Å²) >= 11 is 0. The Bertz CT molecular complexity index is 515. The van der Waals surface area contributed by atoms with Crippen molar-refractivity contribution < 1.29 is 39.4 Å². The fourth-order valence-electron chi connectivity index (χ4n) is 2.22. The molecule has 0 amide bonds. The van der Waals surface area contributed by atoms with E-state index in [9.17, 15) is 20.1 Å². The third kappa shape index (κ3) is 4.05. The zero-order valence-electron chi connectivity index (χ0n) is 12.5. The van der Waals surface area contributed by atoms with Crippen LogP contribution in [0.4, 0.5) is 0 Å². The first-order valence-electron chi connectivity index (χ1n) is 7.07. The Kier molecular flexibility index (Phi) is 6.05. The Morgan fingerprint density at radius 1 is 1.13 bits per heavy atom. The van der Waals surface area contributed by atoms with E-state index in [0.717, 1.165) is 0 Å². The van der Waals surface area contributed by atoms with Gasteiger partial charge in [-0.3, -0.25) is 4.79 Å². The summed E-state index contributed by atoms with van der Waals surface area (Å²) in [5.41, 5.74) is 0.385. The molecular formula is C15H20O8. The van der Waals surface area contributed by atoms with Crippen molar-refractivity contribution in [1.29, 1.82) is 0 Å². The SMILES string of the molecule is COc1ccc(C(=O)COC2OC(CO)C(O)C(O)C2O)cc1. The number of hydrogen-bond acceptors (Lipinski definition) is 8. The van der Waals surface area contributed by atoms with Gasteiger partial charge in [-0.1, -0.05) is 0 Å². The van der Waals surface area contributed by atoms with E-state index in [1.54, 1.807) is 24.3 Å². The molecule has 23 heavy (non-hydrogen) atoms. The molecule has 0 spiro atoms. The molecule has 8 heteroatoms. The molecule has 2 rings (SSSR count). The van der Waals surface area contributed by atoms with E-state index in [1.165, 1.54) is 7.11 Å². The zero-order chi connectivity index (χ0) is 17.0. The van der Waals surface area contributed by atoms with Crippen LogP contribution in [-0.2, 0) is 9.47 Å². The second kappa shape index (κ2) is 7.82. The lowest BCUT2D eigenvalue weighted by molar-refractivity contribution is -0.298. The molecule has 0 aromatic heterocycles. The highest BCUT2D eigenvalue weighted by Crippen LogP contribution is 2.22. The lowest BCUT2D eigenvalue weighted by Gasteiger charge is -2.39. The number of ether oxygens (including phenoxy) is 3. The normalized spacial score (nSPS) is 30.9. The van der Waals surface area contributed by atoms with E-state index in [2.05, 4.69) is 0 Å². The molecule has 128 valence electrons. The van der Waals surface area contributed by atoms with E-state index in [-0.39, 0.29) is 5.78 Å². The Morgan fingerprint density at radius 2 is 1.78 bits per heavy atom. The first kappa shape index (κ1) is 17.8. The summed E-state index contributed by atoms with van der Waals surface area (Å²) in [6.07, 6.45) is -6.94. The van der Waals surface area contributed by atoms with Crippen LogP contribution in [0, 0.1) is 0 Å². The average Bonchev–Trinajstić information content (AvgIpc) is 2.59. The molecule has 0 radical (unpaired) electrons. The molecule has 8 nitrogen and oxygen atoms in total. The monoisotopic (exact) mass is 328 g/mol. The van der Waals surface area contributed by atoms with Gasteiger partial charge in [0.25, 0.3) is 0 Å². The minimum absolute atomic E-state index is 0.357. The van der Waals surface area contributed by atoms with Crippen molar-refractivity contribution in [3.05, 3.63) is 29.8 Å². The second-order valence-corrected chi connectivity index (χ2v) is 5.16. The van der Waals surface area contributed by atoms with Gasteiger partial charge in [0, 0.05) is 5.56 Å². The number of aliphatic hydroxyl groups excluding tert-OH is 4. The molecule has 1 aliphatic rings. The predicted molar refractivity (Wildman–Crippen MR) is 77.0 cm³/mol. The highest BCUT2D eigenvalue weighted by atomic mass is 16.7. The van der Waals surface area contributed by atoms with Gasteiger partial charge in [-0.25, -0.2) is 0 Å². The second-order valence-electron chi connectivity index (χ2n) is 5.16. The van der Waals surface area contributed by atoms with Crippen LogP contribution in [0.15, 0.2) is 24.3 Å². The first-order chi connectivity index (χ1) is 11.0. The molecule has 5 atom stereocenters. The van der Waals surface area contributed by atoms with Gasteiger partial charge < -0.3 is 34.6 Å². The number of carbonyl (C=O) groups is 1. The van der Waals surface area contributed by atoms with E-state index in [1.807, 2.05) is 0 Å². The number of carbonyl (C=O) groups excluding carboxylic acids is 1. The number of hydrogen-bond donors (Lipinski definition) is 4. The van der Waals surface area contributed by atoms with E-state index in [4.69, 9.17) is 19.3 Å². The Labute approximate surface area is 132 Å². The van der Waals surface area contributed by atoms with Gasteiger partial charge in [-0.15, -0.1) is 0 Å². The maximum atomic E-state index is 12.0. The summed E-state index contributed by atoms with van der Waals surface area (Å²) in [4.78, 5) is 12.0. The van der Waals surface area contributed by atoms with Gasteiger partial charge in [0.1, 0.15) is 36.8 Å². The number of benzene rings is 1. The molecule has 0 saturated carbocycles. The van der Waals surface area contributed by atoms with Crippen LogP contribution in [0.2, 0.25) is 0 Å². The molecule has 1 fully saturated rings. The van der Waals surface area contributed by atoms with Crippen molar-refractivity contribution in [2.45, 2.75) is 30.7 Å². The van der Waals surface area contributed by atoms with Crippen molar-refractivity contribution in [3.63, 3.8) is 0 Å². The van der Waals surface area contributed by atoms with Gasteiger partial charge in [-0.05, 0) is 24.3 Å². The third-order valence-electron chi connectivity index (χ3n) is 3.64. The van der Waals surface area contributed by atoms with E-state index in [0.29, 0.717) is 11.3 Å². The molecule has 5 unspecified atom stereocenters. The molecule has 0 aliphatic carbocycles. The topological polar surface area (TPSA) is 126 Å². The van der Waals surface area contributed by atoms with Gasteiger partial charge in [0.05, 0.1) is 13.7 Å². The molecule has 0 bridgehead atoms. The third-order valence-corrected chi connectivity index (χ3v) is 3.64. The maximum Gasteiger partial charge on any atom is 0.188 e. The van der Waals surface area contributed by atoms with Crippen LogP contribution in [0.25, 0.3) is 0 Å². The van der Waals surface area contributed by atoms with Crippen LogP contribution < -0.4 is 4.74 Å². The van der Waals surface area contributed by atoms with E-state index >= 15 is 0 Å². The van der Waals surface area contributed by atoms with Crippen LogP contribution >= 0.6 is 0 Å². The molecule has 1 aliphatic heterocycles. The van der Waals surface area contributed by atoms with Gasteiger partial charge in [0.2, 0.25) is 0 Å². The van der Waals surface area contributed by atoms with Crippen LogP contribution in [0.3, 0.4) is 0 Å². The highest BCUT2D eigenvalue weighted by Gasteiger charge is 2.44. The predicted octanol–water partition coefficient (Wildman–Crippen LogP) is -1.31. The highest BCUT2D eigenvalue weighted by molar-refractivity contribution is 5.97. The lowest BCUT2D eigenvalue weighted by Crippen LogP contribution is -2.59. The summed E-state index contributed by atoms with van der Waals surface area (Å²) in [5.74, 6) is 0.251. The molecule has 1 aromatic rings. The number of aliphatic hydroxyl groups is 4. The van der Waals surface area contributed by atoms with Crippen LogP contribution in [-0.4, -0.2) is 77.2 Å². The standard InChI is InChI=1S/C15H20O8/c1-21-9-4-2-8(3-5-9)10(17)7-22-15-14(20)13(19)12(18)11(6-16)23-15/h2-5,11-16,18-20H,6-7H2,1H3. The van der Waals surface area contributed by atoms with Gasteiger partial charge in [0.15, 0.2) is 12.1 Å². The van der Waals surface area contributed by atoms with Crippen molar-refractivity contribution in [1.82, 2.24) is 0 Å². The number of Topliss-reactive ketones (excluding diaryl/α,β-unsaturated/α-hetero) is 1. The molecule has 1 heterocycles. The zero-order valence-corrected chi connectivity index (χ0v) is 12.5. The van der Waals surface area contributed by atoms with Crippen LogP contribution in [0.1, 0.15) is 10.4 Å². The summed E-state index contributed by atoms with van der Waals surface area (Å²) in [7, 11) is 1.51. The smallest absolute Gasteiger partial charge is 0.188 e.